The summed E-state index contributed by atoms with van der Waals surface area (Å²) in [5, 5.41) is 30.6. The van der Waals surface area contributed by atoms with E-state index in [2.05, 4.69) is 0 Å². The summed E-state index contributed by atoms with van der Waals surface area (Å²) in [4.78, 5) is 0. The van der Waals surface area contributed by atoms with Gasteiger partial charge in [0.1, 0.15) is 0 Å². The third-order valence-corrected chi connectivity index (χ3v) is 3.21. The van der Waals surface area contributed by atoms with E-state index < -0.39 is 0 Å². The SMILES string of the molecule is OCCn1c2ccccc2c2ccc(O)c(O)c21. The van der Waals surface area contributed by atoms with Crippen molar-refractivity contribution in [2.24, 2.45) is 0 Å². The van der Waals surface area contributed by atoms with E-state index in [1.54, 1.807) is 6.07 Å². The number of aliphatic hydroxyl groups excluding tert-OH is 1. The molecule has 3 rings (SSSR count). The molecule has 0 spiro atoms. The van der Waals surface area contributed by atoms with Crippen LogP contribution in [0.3, 0.4) is 0 Å². The zero-order chi connectivity index (χ0) is 12.7. The van der Waals surface area contributed by atoms with Gasteiger partial charge in [0.25, 0.3) is 0 Å². The average molecular weight is 243 g/mol. The van der Waals surface area contributed by atoms with Gasteiger partial charge in [0.15, 0.2) is 11.5 Å². The van der Waals surface area contributed by atoms with Gasteiger partial charge in [-0.1, -0.05) is 18.2 Å². The maximum absolute atomic E-state index is 10.0. The number of phenolic OH excluding ortho intramolecular Hbond substituents is 2. The summed E-state index contributed by atoms with van der Waals surface area (Å²) >= 11 is 0. The van der Waals surface area contributed by atoms with E-state index in [9.17, 15) is 10.2 Å². The lowest BCUT2D eigenvalue weighted by molar-refractivity contribution is 0.279. The smallest absolute Gasteiger partial charge is 0.182 e. The summed E-state index contributed by atoms with van der Waals surface area (Å²) in [5.41, 5.74) is 1.49. The first-order valence-corrected chi connectivity index (χ1v) is 5.76. The Hall–Kier alpha value is -2.20. The van der Waals surface area contributed by atoms with Gasteiger partial charge in [0.2, 0.25) is 0 Å². The second-order valence-electron chi connectivity index (χ2n) is 4.22. The van der Waals surface area contributed by atoms with Gasteiger partial charge in [-0.25, -0.2) is 0 Å². The standard InChI is InChI=1S/C14H13NO3/c16-8-7-15-11-4-2-1-3-9(11)10-5-6-12(17)14(18)13(10)15/h1-6,16-18H,7-8H2. The number of benzene rings is 2. The van der Waals surface area contributed by atoms with Crippen LogP contribution in [0.5, 0.6) is 11.5 Å². The lowest BCUT2D eigenvalue weighted by Gasteiger charge is -2.06. The van der Waals surface area contributed by atoms with Crippen LogP contribution < -0.4 is 0 Å². The second-order valence-corrected chi connectivity index (χ2v) is 4.22. The summed E-state index contributed by atoms with van der Waals surface area (Å²) in [6, 6.07) is 11.0. The molecule has 0 unspecified atom stereocenters. The molecule has 1 heterocycles. The van der Waals surface area contributed by atoms with Crippen molar-refractivity contribution < 1.29 is 15.3 Å². The van der Waals surface area contributed by atoms with Crippen molar-refractivity contribution in [1.82, 2.24) is 4.57 Å². The average Bonchev–Trinajstić information content (AvgIpc) is 2.70. The monoisotopic (exact) mass is 243 g/mol. The van der Waals surface area contributed by atoms with E-state index in [0.717, 1.165) is 16.3 Å². The number of fused-ring (bicyclic) bond motifs is 3. The molecule has 4 nitrogen and oxygen atoms in total. The van der Waals surface area contributed by atoms with Gasteiger partial charge in [-0.15, -0.1) is 0 Å². The van der Waals surface area contributed by atoms with Gasteiger partial charge in [0.05, 0.1) is 12.1 Å². The van der Waals surface area contributed by atoms with Gasteiger partial charge in [0, 0.05) is 22.8 Å². The molecular formula is C14H13NO3. The Bertz CT molecular complexity index is 731. The molecule has 0 aliphatic carbocycles. The van der Waals surface area contributed by atoms with Crippen LogP contribution in [0.15, 0.2) is 36.4 Å². The predicted octanol–water partition coefficient (Wildman–Crippen LogP) is 2.20. The highest BCUT2D eigenvalue weighted by atomic mass is 16.3. The van der Waals surface area contributed by atoms with Crippen molar-refractivity contribution in [3.05, 3.63) is 36.4 Å². The fourth-order valence-corrected chi connectivity index (χ4v) is 2.45. The molecule has 0 atom stereocenters. The van der Waals surface area contributed by atoms with E-state index in [-0.39, 0.29) is 18.1 Å². The number of aliphatic hydroxyl groups is 1. The largest absolute Gasteiger partial charge is 0.504 e. The van der Waals surface area contributed by atoms with Crippen molar-refractivity contribution in [2.45, 2.75) is 6.54 Å². The molecule has 0 fully saturated rings. The number of nitrogens with zero attached hydrogens (tertiary/aromatic N) is 1. The number of phenols is 2. The van der Waals surface area contributed by atoms with E-state index in [0.29, 0.717) is 12.1 Å². The molecule has 0 aliphatic heterocycles. The fraction of sp³-hybridized carbons (Fsp3) is 0.143. The minimum atomic E-state index is -0.149. The lowest BCUT2D eigenvalue weighted by atomic mass is 10.1. The number of hydrogen-bond acceptors (Lipinski definition) is 3. The molecule has 0 saturated carbocycles. The second kappa shape index (κ2) is 3.92. The zero-order valence-electron chi connectivity index (χ0n) is 9.67. The summed E-state index contributed by atoms with van der Waals surface area (Å²) < 4.78 is 1.82. The van der Waals surface area contributed by atoms with Gasteiger partial charge < -0.3 is 19.9 Å². The maximum Gasteiger partial charge on any atom is 0.182 e. The van der Waals surface area contributed by atoms with Crippen molar-refractivity contribution >= 4 is 21.8 Å². The Labute approximate surface area is 103 Å². The van der Waals surface area contributed by atoms with Crippen molar-refractivity contribution in [1.29, 1.82) is 0 Å². The summed E-state index contributed by atoms with van der Waals surface area (Å²) in [6.07, 6.45) is 0. The first kappa shape index (κ1) is 10.9. The highest BCUT2D eigenvalue weighted by Gasteiger charge is 2.15. The highest BCUT2D eigenvalue weighted by molar-refractivity contribution is 6.10. The first-order valence-electron chi connectivity index (χ1n) is 5.76. The fourth-order valence-electron chi connectivity index (χ4n) is 2.45. The van der Waals surface area contributed by atoms with Crippen LogP contribution in [0.1, 0.15) is 0 Å². The Morgan fingerprint density at radius 1 is 0.944 bits per heavy atom. The third kappa shape index (κ3) is 1.36. The summed E-state index contributed by atoms with van der Waals surface area (Å²) in [7, 11) is 0. The number of para-hydroxylation sites is 1. The minimum Gasteiger partial charge on any atom is -0.504 e. The van der Waals surface area contributed by atoms with E-state index >= 15 is 0 Å². The van der Waals surface area contributed by atoms with E-state index in [4.69, 9.17) is 5.11 Å². The minimum absolute atomic E-state index is 0.0249. The Kier molecular flexibility index (Phi) is 2.38. The van der Waals surface area contributed by atoms with Crippen LogP contribution in [0.25, 0.3) is 21.8 Å². The zero-order valence-corrected chi connectivity index (χ0v) is 9.67. The molecule has 0 aliphatic rings. The molecule has 0 saturated heterocycles. The molecule has 0 amide bonds. The van der Waals surface area contributed by atoms with Crippen LogP contribution in [0.2, 0.25) is 0 Å². The van der Waals surface area contributed by atoms with E-state index in [1.807, 2.05) is 28.8 Å². The van der Waals surface area contributed by atoms with Gasteiger partial charge >= 0.3 is 0 Å². The van der Waals surface area contributed by atoms with Crippen LogP contribution in [-0.2, 0) is 6.54 Å². The quantitative estimate of drug-likeness (QED) is 0.604. The topological polar surface area (TPSA) is 65.6 Å². The number of aromatic nitrogens is 1. The molecule has 3 N–H and O–H groups in total. The number of hydrogen-bond donors (Lipinski definition) is 3. The Morgan fingerprint density at radius 3 is 2.50 bits per heavy atom. The van der Waals surface area contributed by atoms with Crippen LogP contribution in [0.4, 0.5) is 0 Å². The molecule has 4 heteroatoms. The van der Waals surface area contributed by atoms with E-state index in [1.165, 1.54) is 6.07 Å². The first-order chi connectivity index (χ1) is 8.74. The Morgan fingerprint density at radius 2 is 1.72 bits per heavy atom. The summed E-state index contributed by atoms with van der Waals surface area (Å²) in [6.45, 7) is 0.351. The molecule has 2 aromatic carbocycles. The van der Waals surface area contributed by atoms with Crippen molar-refractivity contribution in [3.63, 3.8) is 0 Å². The third-order valence-electron chi connectivity index (χ3n) is 3.21. The summed E-state index contributed by atoms with van der Waals surface area (Å²) in [5.74, 6) is -0.290. The lowest BCUT2D eigenvalue weighted by Crippen LogP contribution is -2.01. The molecular weight excluding hydrogens is 230 g/mol. The molecule has 0 bridgehead atoms. The van der Waals surface area contributed by atoms with Crippen LogP contribution >= 0.6 is 0 Å². The van der Waals surface area contributed by atoms with Crippen molar-refractivity contribution in [2.75, 3.05) is 6.61 Å². The highest BCUT2D eigenvalue weighted by Crippen LogP contribution is 2.39. The van der Waals surface area contributed by atoms with Crippen LogP contribution in [-0.4, -0.2) is 26.5 Å². The number of rotatable bonds is 2. The normalized spacial score (nSPS) is 11.4. The molecule has 92 valence electrons. The predicted molar refractivity (Wildman–Crippen MR) is 69.9 cm³/mol. The van der Waals surface area contributed by atoms with Gasteiger partial charge in [-0.05, 0) is 18.2 Å². The molecule has 0 radical (unpaired) electrons. The van der Waals surface area contributed by atoms with Crippen molar-refractivity contribution in [3.8, 4) is 11.5 Å². The molecule has 3 aromatic rings. The van der Waals surface area contributed by atoms with Gasteiger partial charge in [-0.3, -0.25) is 0 Å². The molecule has 1 aromatic heterocycles. The van der Waals surface area contributed by atoms with Gasteiger partial charge in [-0.2, -0.15) is 0 Å². The number of aromatic hydroxyl groups is 2. The maximum atomic E-state index is 10.0. The Balaban J connectivity index is 2.54. The molecule has 18 heavy (non-hydrogen) atoms. The van der Waals surface area contributed by atoms with Crippen LogP contribution in [0, 0.1) is 0 Å².